The van der Waals surface area contributed by atoms with Crippen LogP contribution in [0.5, 0.6) is 0 Å². The zero-order valence-electron chi connectivity index (χ0n) is 20.2. The maximum absolute atomic E-state index is 3.74. The Morgan fingerprint density at radius 2 is 1.53 bits per heavy atom. The first-order chi connectivity index (χ1) is 16.3. The molecule has 0 fully saturated rings. The van der Waals surface area contributed by atoms with Crippen LogP contribution in [0.2, 0.25) is 0 Å². The van der Waals surface area contributed by atoms with Crippen molar-refractivity contribution in [2.24, 2.45) is 0 Å². The summed E-state index contributed by atoms with van der Waals surface area (Å²) in [4.78, 5) is 0. The molecule has 34 heavy (non-hydrogen) atoms. The van der Waals surface area contributed by atoms with Crippen molar-refractivity contribution in [2.75, 3.05) is 0 Å². The SMILES string of the molecule is CCCCCCCCC1=C[NH+](c2ccc3c(c2)Cc2ccccc2-3)NN1Cc1ccccc1.[Br-]. The van der Waals surface area contributed by atoms with Crippen LogP contribution in [-0.4, -0.2) is 5.01 Å². The number of unbranched alkanes of at least 4 members (excludes halogenated alkanes) is 5. The number of hydrogen-bond donors (Lipinski definition) is 2. The maximum Gasteiger partial charge on any atom is 0.157 e. The topological polar surface area (TPSA) is 19.7 Å². The third-order valence-electron chi connectivity index (χ3n) is 6.99. The van der Waals surface area contributed by atoms with Crippen molar-refractivity contribution in [1.29, 1.82) is 0 Å². The van der Waals surface area contributed by atoms with Crippen molar-refractivity contribution < 1.29 is 22.0 Å². The van der Waals surface area contributed by atoms with Crippen molar-refractivity contribution in [2.45, 2.75) is 64.8 Å². The first kappa shape index (κ1) is 24.7. The zero-order chi connectivity index (χ0) is 22.5. The van der Waals surface area contributed by atoms with Gasteiger partial charge in [0.15, 0.2) is 5.69 Å². The molecule has 2 aliphatic rings. The smallest absolute Gasteiger partial charge is 0.157 e. The van der Waals surface area contributed by atoms with E-state index in [9.17, 15) is 0 Å². The van der Waals surface area contributed by atoms with Crippen LogP contribution in [0.1, 0.15) is 68.6 Å². The predicted molar refractivity (Wildman–Crippen MR) is 137 cm³/mol. The van der Waals surface area contributed by atoms with Crippen molar-refractivity contribution in [1.82, 2.24) is 10.5 Å². The second-order valence-electron chi connectivity index (χ2n) is 9.46. The summed E-state index contributed by atoms with van der Waals surface area (Å²) in [5.74, 6) is 0. The van der Waals surface area contributed by atoms with Crippen LogP contribution >= 0.6 is 0 Å². The maximum atomic E-state index is 3.74. The van der Waals surface area contributed by atoms with Gasteiger partial charge in [0, 0.05) is 12.1 Å². The van der Waals surface area contributed by atoms with Gasteiger partial charge in [-0.05, 0) is 53.1 Å². The van der Waals surface area contributed by atoms with Crippen LogP contribution in [0.25, 0.3) is 11.1 Å². The molecule has 1 aliphatic carbocycles. The van der Waals surface area contributed by atoms with Gasteiger partial charge in [-0.2, -0.15) is 5.01 Å². The van der Waals surface area contributed by atoms with Gasteiger partial charge in [0.05, 0.1) is 12.2 Å². The summed E-state index contributed by atoms with van der Waals surface area (Å²) in [7, 11) is 0. The highest BCUT2D eigenvalue weighted by atomic mass is 79.9. The summed E-state index contributed by atoms with van der Waals surface area (Å²) < 4.78 is 0. The number of allylic oxidation sites excluding steroid dienone is 1. The average molecular weight is 519 g/mol. The van der Waals surface area contributed by atoms with Gasteiger partial charge < -0.3 is 17.0 Å². The van der Waals surface area contributed by atoms with E-state index in [2.05, 4.69) is 96.5 Å². The molecule has 4 heteroatoms. The highest BCUT2D eigenvalue weighted by Gasteiger charge is 2.28. The molecule has 1 heterocycles. The van der Waals surface area contributed by atoms with E-state index in [-0.39, 0.29) is 17.0 Å². The third-order valence-corrected chi connectivity index (χ3v) is 6.99. The molecule has 1 aliphatic heterocycles. The minimum Gasteiger partial charge on any atom is -1.00 e. The Balaban J connectivity index is 0.00000274. The number of fused-ring (bicyclic) bond motifs is 3. The second-order valence-corrected chi connectivity index (χ2v) is 9.46. The Morgan fingerprint density at radius 3 is 2.38 bits per heavy atom. The molecular weight excluding hydrogens is 482 g/mol. The Kier molecular flexibility index (Phi) is 8.60. The fraction of sp³-hybridized carbons (Fsp3) is 0.333. The number of benzene rings is 3. The summed E-state index contributed by atoms with van der Waals surface area (Å²) in [6.45, 7) is 3.17. The van der Waals surface area contributed by atoms with Gasteiger partial charge >= 0.3 is 0 Å². The normalized spacial score (nSPS) is 16.1. The van der Waals surface area contributed by atoms with Crippen molar-refractivity contribution in [3.8, 4) is 11.1 Å². The summed E-state index contributed by atoms with van der Waals surface area (Å²) in [6, 6.07) is 26.6. The molecule has 178 valence electrons. The first-order valence-electron chi connectivity index (χ1n) is 12.7. The van der Waals surface area contributed by atoms with Crippen LogP contribution in [0.3, 0.4) is 0 Å². The molecule has 1 unspecified atom stereocenters. The van der Waals surface area contributed by atoms with Crippen LogP contribution in [0, 0.1) is 0 Å². The standard InChI is InChI=1S/C30H35N3.BrH/c1-2-3-4-5-6-10-16-28-23-33(31-32(28)22-24-13-8-7-9-14-24)27-18-19-30-26(21-27)20-25-15-11-12-17-29(25)30;/h7-9,11-15,17-19,21,23,31H,2-6,10,16,20,22H2,1H3;1H. The van der Waals surface area contributed by atoms with E-state index >= 15 is 0 Å². The largest absolute Gasteiger partial charge is 1.00 e. The lowest BCUT2D eigenvalue weighted by Gasteiger charge is -2.21. The zero-order valence-corrected chi connectivity index (χ0v) is 21.8. The van der Waals surface area contributed by atoms with E-state index in [1.54, 1.807) is 0 Å². The van der Waals surface area contributed by atoms with Gasteiger partial charge in [-0.25, -0.2) is 0 Å². The Bertz CT molecular complexity index is 1110. The monoisotopic (exact) mass is 517 g/mol. The van der Waals surface area contributed by atoms with Gasteiger partial charge in [-0.1, -0.05) is 99.2 Å². The molecule has 2 N–H and O–H groups in total. The minimum atomic E-state index is 0. The Morgan fingerprint density at radius 1 is 0.794 bits per heavy atom. The quantitative estimate of drug-likeness (QED) is 0.314. The van der Waals surface area contributed by atoms with Gasteiger partial charge in [0.1, 0.15) is 6.20 Å². The van der Waals surface area contributed by atoms with E-state index in [0.29, 0.717) is 0 Å². The highest BCUT2D eigenvalue weighted by Crippen LogP contribution is 2.37. The molecule has 0 bridgehead atoms. The molecule has 1 atom stereocenters. The number of quaternary nitrogens is 1. The highest BCUT2D eigenvalue weighted by molar-refractivity contribution is 5.77. The summed E-state index contributed by atoms with van der Waals surface area (Å²) in [5, 5.41) is 3.59. The molecule has 5 rings (SSSR count). The average Bonchev–Trinajstić information content (AvgIpc) is 3.42. The molecule has 0 amide bonds. The fourth-order valence-corrected chi connectivity index (χ4v) is 5.16. The molecule has 0 radical (unpaired) electrons. The lowest BCUT2D eigenvalue weighted by molar-refractivity contribution is -0.835. The lowest BCUT2D eigenvalue weighted by atomic mass is 10.1. The van der Waals surface area contributed by atoms with Crippen molar-refractivity contribution in [3.63, 3.8) is 0 Å². The van der Waals surface area contributed by atoms with E-state index in [1.165, 1.54) is 82.7 Å². The molecule has 0 spiro atoms. The molecule has 3 aromatic rings. The number of nitrogens with zero attached hydrogens (tertiary/aromatic N) is 1. The third kappa shape index (κ3) is 5.63. The van der Waals surface area contributed by atoms with Gasteiger partial charge in [0.2, 0.25) is 0 Å². The van der Waals surface area contributed by atoms with Crippen LogP contribution < -0.4 is 27.5 Å². The fourth-order valence-electron chi connectivity index (χ4n) is 5.16. The Hall–Kier alpha value is -2.40. The molecular formula is C30H36BrN3. The van der Waals surface area contributed by atoms with E-state index in [1.807, 2.05) is 0 Å². The molecule has 3 aromatic carbocycles. The summed E-state index contributed by atoms with van der Waals surface area (Å²) in [5.41, 5.74) is 13.4. The predicted octanol–water partition coefficient (Wildman–Crippen LogP) is 3.31. The summed E-state index contributed by atoms with van der Waals surface area (Å²) in [6.07, 6.45) is 12.5. The van der Waals surface area contributed by atoms with Crippen LogP contribution in [0.15, 0.2) is 84.7 Å². The molecule has 0 aromatic heterocycles. The number of hydrazine groups is 1. The lowest BCUT2D eigenvalue weighted by Crippen LogP contribution is -3.09. The Labute approximate surface area is 215 Å². The number of halogens is 1. The van der Waals surface area contributed by atoms with Gasteiger partial charge in [0.25, 0.3) is 0 Å². The molecule has 0 saturated heterocycles. The number of hydrogen-bond acceptors (Lipinski definition) is 2. The van der Waals surface area contributed by atoms with Crippen molar-refractivity contribution in [3.05, 3.63) is 101 Å². The second kappa shape index (κ2) is 11.8. The molecule has 3 nitrogen and oxygen atoms in total. The van der Waals surface area contributed by atoms with Crippen LogP contribution in [-0.2, 0) is 13.0 Å². The number of rotatable bonds is 10. The van der Waals surface area contributed by atoms with E-state index < -0.39 is 0 Å². The minimum absolute atomic E-state index is 0. The molecule has 0 saturated carbocycles. The van der Waals surface area contributed by atoms with E-state index in [4.69, 9.17) is 0 Å². The van der Waals surface area contributed by atoms with Crippen LogP contribution in [0.4, 0.5) is 5.69 Å². The first-order valence-corrected chi connectivity index (χ1v) is 12.7. The number of nitrogens with one attached hydrogen (secondary N) is 2. The van der Waals surface area contributed by atoms with Gasteiger partial charge in [-0.3, -0.25) is 5.01 Å². The van der Waals surface area contributed by atoms with Crippen molar-refractivity contribution >= 4 is 5.69 Å². The van der Waals surface area contributed by atoms with E-state index in [0.717, 1.165) is 19.4 Å². The summed E-state index contributed by atoms with van der Waals surface area (Å²) >= 11 is 0. The van der Waals surface area contributed by atoms with Gasteiger partial charge in [-0.15, -0.1) is 0 Å².